The van der Waals surface area contributed by atoms with Gasteiger partial charge in [-0.15, -0.1) is 0 Å². The molecule has 0 aromatic carbocycles. The van der Waals surface area contributed by atoms with Crippen molar-refractivity contribution in [1.29, 1.82) is 0 Å². The lowest BCUT2D eigenvalue weighted by Gasteiger charge is -2.11. The molecule has 0 saturated carbocycles. The van der Waals surface area contributed by atoms with Crippen molar-refractivity contribution >= 4 is 27.2 Å². The highest BCUT2D eigenvalue weighted by atomic mass is 32.2. The molecule has 0 amide bonds. The Morgan fingerprint density at radius 1 is 1.33 bits per heavy atom. The molecule has 0 aliphatic carbocycles. The van der Waals surface area contributed by atoms with Crippen LogP contribution in [0.3, 0.4) is 0 Å². The summed E-state index contributed by atoms with van der Waals surface area (Å²) in [6, 6.07) is 3.19. The van der Waals surface area contributed by atoms with Crippen molar-refractivity contribution in [2.24, 2.45) is 0 Å². The van der Waals surface area contributed by atoms with E-state index in [1.807, 2.05) is 24.6 Å². The van der Waals surface area contributed by atoms with Crippen molar-refractivity contribution in [3.63, 3.8) is 0 Å². The van der Waals surface area contributed by atoms with Crippen molar-refractivity contribution in [2.75, 3.05) is 11.9 Å². The van der Waals surface area contributed by atoms with Gasteiger partial charge in [-0.3, -0.25) is 0 Å². The second-order valence-electron chi connectivity index (χ2n) is 4.68. The normalized spacial score (nSPS) is 11.5. The van der Waals surface area contributed by atoms with Crippen LogP contribution in [0.15, 0.2) is 34.0 Å². The van der Waals surface area contributed by atoms with E-state index in [0.29, 0.717) is 18.9 Å². The zero-order chi connectivity index (χ0) is 15.3. The summed E-state index contributed by atoms with van der Waals surface area (Å²) in [6.07, 6.45) is 2.48. The fourth-order valence-corrected chi connectivity index (χ4v) is 3.80. The Hall–Kier alpha value is -1.44. The number of hydrogen-bond donors (Lipinski definition) is 2. The molecule has 0 unspecified atom stereocenters. The standard InChI is InChI=1S/C14H19N3O2S2/c1-3-6-15-14-13(5-4-7-16-14)21(18,19)17-8-12-10-20-9-11(12)2/h4-5,7,9-10,17H,3,6,8H2,1-2H3,(H,15,16). The van der Waals surface area contributed by atoms with E-state index >= 15 is 0 Å². The Labute approximate surface area is 129 Å². The molecule has 21 heavy (non-hydrogen) atoms. The predicted octanol–water partition coefficient (Wildman–Crippen LogP) is 2.75. The SMILES string of the molecule is CCCNc1ncccc1S(=O)(=O)NCc1cscc1C. The summed E-state index contributed by atoms with van der Waals surface area (Å²) in [5.74, 6) is 0.397. The van der Waals surface area contributed by atoms with Crippen molar-refractivity contribution in [2.45, 2.75) is 31.7 Å². The van der Waals surface area contributed by atoms with Crippen LogP contribution in [0.5, 0.6) is 0 Å². The minimum atomic E-state index is -3.58. The Morgan fingerprint density at radius 3 is 2.81 bits per heavy atom. The zero-order valence-electron chi connectivity index (χ0n) is 12.1. The van der Waals surface area contributed by atoms with Crippen LogP contribution in [0.1, 0.15) is 24.5 Å². The number of aryl methyl sites for hydroxylation is 1. The summed E-state index contributed by atoms with van der Waals surface area (Å²) in [5.41, 5.74) is 2.09. The van der Waals surface area contributed by atoms with Gasteiger partial charge in [0.05, 0.1) is 0 Å². The largest absolute Gasteiger partial charge is 0.369 e. The molecular formula is C14H19N3O2S2. The molecule has 0 fully saturated rings. The van der Waals surface area contributed by atoms with E-state index in [1.165, 1.54) is 0 Å². The molecule has 5 nitrogen and oxygen atoms in total. The van der Waals surface area contributed by atoms with Crippen molar-refractivity contribution in [1.82, 2.24) is 9.71 Å². The number of sulfonamides is 1. The number of nitrogens with one attached hydrogen (secondary N) is 2. The molecule has 2 aromatic rings. The van der Waals surface area contributed by atoms with Gasteiger partial charge in [0.1, 0.15) is 10.7 Å². The maximum atomic E-state index is 12.4. The number of aromatic nitrogens is 1. The smallest absolute Gasteiger partial charge is 0.244 e. The van der Waals surface area contributed by atoms with E-state index in [4.69, 9.17) is 0 Å². The summed E-state index contributed by atoms with van der Waals surface area (Å²) in [6.45, 7) is 4.96. The molecule has 0 aliphatic heterocycles. The quantitative estimate of drug-likeness (QED) is 0.821. The second-order valence-corrected chi connectivity index (χ2v) is 7.16. The maximum Gasteiger partial charge on any atom is 0.244 e. The minimum Gasteiger partial charge on any atom is -0.369 e. The van der Waals surface area contributed by atoms with E-state index < -0.39 is 10.0 Å². The van der Waals surface area contributed by atoms with Gasteiger partial charge in [-0.1, -0.05) is 6.92 Å². The van der Waals surface area contributed by atoms with Crippen molar-refractivity contribution < 1.29 is 8.42 Å². The van der Waals surface area contributed by atoms with E-state index in [2.05, 4.69) is 15.0 Å². The van der Waals surface area contributed by atoms with Crippen LogP contribution in [0.2, 0.25) is 0 Å². The summed E-state index contributed by atoms with van der Waals surface area (Å²) < 4.78 is 27.5. The Morgan fingerprint density at radius 2 is 2.14 bits per heavy atom. The molecule has 0 atom stereocenters. The molecule has 114 valence electrons. The van der Waals surface area contributed by atoms with Crippen LogP contribution in [0.25, 0.3) is 0 Å². The third-order valence-electron chi connectivity index (χ3n) is 3.02. The van der Waals surface area contributed by atoms with Gasteiger partial charge in [-0.25, -0.2) is 18.1 Å². The van der Waals surface area contributed by atoms with E-state index in [9.17, 15) is 8.42 Å². The fraction of sp³-hybridized carbons (Fsp3) is 0.357. The number of anilines is 1. The second kappa shape index (κ2) is 7.02. The average molecular weight is 325 g/mol. The average Bonchev–Trinajstić information content (AvgIpc) is 2.89. The van der Waals surface area contributed by atoms with Gasteiger partial charge >= 0.3 is 0 Å². The molecule has 0 aliphatic rings. The first kappa shape index (κ1) is 15.9. The molecular weight excluding hydrogens is 306 g/mol. The van der Waals surface area contributed by atoms with Gasteiger partial charge in [-0.2, -0.15) is 11.3 Å². The minimum absolute atomic E-state index is 0.186. The highest BCUT2D eigenvalue weighted by molar-refractivity contribution is 7.89. The van der Waals surface area contributed by atoms with Crippen LogP contribution in [0.4, 0.5) is 5.82 Å². The van der Waals surface area contributed by atoms with Crippen molar-refractivity contribution in [3.8, 4) is 0 Å². The van der Waals surface area contributed by atoms with E-state index in [0.717, 1.165) is 17.5 Å². The van der Waals surface area contributed by atoms with Crippen LogP contribution >= 0.6 is 11.3 Å². The number of nitrogens with zero attached hydrogens (tertiary/aromatic N) is 1. The molecule has 0 bridgehead atoms. The monoisotopic (exact) mass is 325 g/mol. The molecule has 0 spiro atoms. The third kappa shape index (κ3) is 4.03. The Balaban J connectivity index is 2.17. The zero-order valence-corrected chi connectivity index (χ0v) is 13.7. The topological polar surface area (TPSA) is 71.1 Å². The lowest BCUT2D eigenvalue weighted by Crippen LogP contribution is -2.24. The summed E-state index contributed by atoms with van der Waals surface area (Å²) in [4.78, 5) is 4.30. The first-order valence-corrected chi connectivity index (χ1v) is 9.17. The highest BCUT2D eigenvalue weighted by Crippen LogP contribution is 2.19. The molecule has 2 rings (SSSR count). The van der Waals surface area contributed by atoms with Gasteiger partial charge in [0, 0.05) is 19.3 Å². The van der Waals surface area contributed by atoms with Gasteiger partial charge in [-0.05, 0) is 47.4 Å². The predicted molar refractivity (Wildman–Crippen MR) is 86.1 cm³/mol. The van der Waals surface area contributed by atoms with Crippen LogP contribution in [-0.2, 0) is 16.6 Å². The van der Waals surface area contributed by atoms with Crippen molar-refractivity contribution in [3.05, 3.63) is 40.2 Å². The molecule has 7 heteroatoms. The number of pyridine rings is 1. The van der Waals surface area contributed by atoms with Gasteiger partial charge < -0.3 is 5.32 Å². The lowest BCUT2D eigenvalue weighted by atomic mass is 10.2. The summed E-state index contributed by atoms with van der Waals surface area (Å²) >= 11 is 1.57. The Bertz CT molecular complexity index is 696. The molecule has 0 saturated heterocycles. The maximum absolute atomic E-state index is 12.4. The molecule has 2 N–H and O–H groups in total. The first-order chi connectivity index (χ1) is 10.0. The van der Waals surface area contributed by atoms with E-state index in [-0.39, 0.29) is 4.90 Å². The van der Waals surface area contributed by atoms with Gasteiger partial charge in [0.2, 0.25) is 10.0 Å². The highest BCUT2D eigenvalue weighted by Gasteiger charge is 2.19. The molecule has 2 aromatic heterocycles. The summed E-state index contributed by atoms with van der Waals surface area (Å²) in [5, 5.41) is 7.00. The Kier molecular flexibility index (Phi) is 5.33. The van der Waals surface area contributed by atoms with Crippen LogP contribution in [0, 0.1) is 6.92 Å². The summed E-state index contributed by atoms with van der Waals surface area (Å²) in [7, 11) is -3.58. The molecule has 0 radical (unpaired) electrons. The number of rotatable bonds is 7. The fourth-order valence-electron chi connectivity index (χ4n) is 1.80. The van der Waals surface area contributed by atoms with Gasteiger partial charge in [0.15, 0.2) is 0 Å². The van der Waals surface area contributed by atoms with Crippen LogP contribution in [-0.4, -0.2) is 19.9 Å². The third-order valence-corrected chi connectivity index (χ3v) is 5.36. The number of hydrogen-bond acceptors (Lipinski definition) is 5. The number of thiophene rings is 1. The lowest BCUT2D eigenvalue weighted by molar-refractivity contribution is 0.581. The van der Waals surface area contributed by atoms with E-state index in [1.54, 1.807) is 29.7 Å². The molecule has 2 heterocycles. The van der Waals surface area contributed by atoms with Gasteiger partial charge in [0.25, 0.3) is 0 Å². The van der Waals surface area contributed by atoms with Crippen LogP contribution < -0.4 is 10.0 Å². The first-order valence-electron chi connectivity index (χ1n) is 6.75.